The van der Waals surface area contributed by atoms with Crippen LogP contribution >= 0.6 is 0 Å². The van der Waals surface area contributed by atoms with Crippen molar-refractivity contribution in [1.82, 2.24) is 4.90 Å². The zero-order chi connectivity index (χ0) is 12.8. The average molecular weight is 235 g/mol. The van der Waals surface area contributed by atoms with Gasteiger partial charge in [-0.2, -0.15) is 5.26 Å². The van der Waals surface area contributed by atoms with Gasteiger partial charge in [-0.05, 0) is 32.0 Å². The molecule has 0 aliphatic carbocycles. The van der Waals surface area contributed by atoms with Crippen molar-refractivity contribution in [3.8, 4) is 6.07 Å². The molecule has 5 heteroatoms. The van der Waals surface area contributed by atoms with E-state index < -0.39 is 5.82 Å². The van der Waals surface area contributed by atoms with E-state index in [1.165, 1.54) is 17.0 Å². The second-order valence-corrected chi connectivity index (χ2v) is 3.41. The number of carbonyl (C=O) groups is 1. The zero-order valence-corrected chi connectivity index (χ0v) is 9.83. The van der Waals surface area contributed by atoms with E-state index in [1.807, 2.05) is 19.9 Å². The number of nitrogens with one attached hydrogen (secondary N) is 1. The third kappa shape index (κ3) is 3.18. The van der Waals surface area contributed by atoms with Gasteiger partial charge in [0.1, 0.15) is 5.82 Å². The largest absolute Gasteiger partial charge is 0.325 e. The lowest BCUT2D eigenvalue weighted by Gasteiger charge is -2.19. The van der Waals surface area contributed by atoms with Crippen molar-refractivity contribution >= 4 is 11.7 Å². The lowest BCUT2D eigenvalue weighted by atomic mass is 10.2. The number of nitriles is 1. The quantitative estimate of drug-likeness (QED) is 0.875. The van der Waals surface area contributed by atoms with Crippen LogP contribution in [0.15, 0.2) is 18.2 Å². The molecule has 0 atom stereocenters. The van der Waals surface area contributed by atoms with Crippen LogP contribution < -0.4 is 5.32 Å². The Labute approximate surface area is 99.7 Å². The van der Waals surface area contributed by atoms with E-state index in [2.05, 4.69) is 5.32 Å². The predicted octanol–water partition coefficient (Wildman–Crippen LogP) is 2.57. The molecule has 0 saturated carbocycles. The first-order valence-electron chi connectivity index (χ1n) is 5.38. The number of carbonyl (C=O) groups excluding carboxylic acids is 1. The number of urea groups is 1. The van der Waals surface area contributed by atoms with E-state index in [9.17, 15) is 9.18 Å². The Balaban J connectivity index is 2.82. The Morgan fingerprint density at radius 3 is 2.59 bits per heavy atom. The number of nitrogens with zero attached hydrogens (tertiary/aromatic N) is 2. The second kappa shape index (κ2) is 5.85. The van der Waals surface area contributed by atoms with Crippen LogP contribution in [0.3, 0.4) is 0 Å². The number of rotatable bonds is 3. The van der Waals surface area contributed by atoms with Gasteiger partial charge < -0.3 is 10.2 Å². The minimum atomic E-state index is -0.607. The Kier molecular flexibility index (Phi) is 4.46. The number of hydrogen-bond acceptors (Lipinski definition) is 2. The summed E-state index contributed by atoms with van der Waals surface area (Å²) in [6, 6.07) is 5.42. The minimum absolute atomic E-state index is 0.0842. The second-order valence-electron chi connectivity index (χ2n) is 3.41. The van der Waals surface area contributed by atoms with Crippen molar-refractivity contribution in [3.63, 3.8) is 0 Å². The monoisotopic (exact) mass is 235 g/mol. The van der Waals surface area contributed by atoms with Crippen LogP contribution in [0.25, 0.3) is 0 Å². The van der Waals surface area contributed by atoms with Crippen LogP contribution in [0.2, 0.25) is 0 Å². The molecule has 0 bridgehead atoms. The highest BCUT2D eigenvalue weighted by atomic mass is 19.1. The summed E-state index contributed by atoms with van der Waals surface area (Å²) in [7, 11) is 0. The third-order valence-corrected chi connectivity index (χ3v) is 2.39. The molecule has 0 aliphatic rings. The van der Waals surface area contributed by atoms with Crippen molar-refractivity contribution in [2.24, 2.45) is 0 Å². The number of halogens is 1. The van der Waals surface area contributed by atoms with Gasteiger partial charge in [0, 0.05) is 13.1 Å². The topological polar surface area (TPSA) is 56.1 Å². The molecule has 0 spiro atoms. The van der Waals surface area contributed by atoms with E-state index in [1.54, 1.807) is 0 Å². The summed E-state index contributed by atoms with van der Waals surface area (Å²) < 4.78 is 13.5. The molecule has 0 aliphatic heterocycles. The molecule has 1 aromatic carbocycles. The van der Waals surface area contributed by atoms with E-state index in [-0.39, 0.29) is 17.3 Å². The molecule has 1 aromatic rings. The van der Waals surface area contributed by atoms with Gasteiger partial charge in [-0.1, -0.05) is 0 Å². The fourth-order valence-electron chi connectivity index (χ4n) is 1.39. The maximum Gasteiger partial charge on any atom is 0.321 e. The molecule has 0 aromatic heterocycles. The molecule has 17 heavy (non-hydrogen) atoms. The van der Waals surface area contributed by atoms with Gasteiger partial charge in [0.2, 0.25) is 0 Å². The van der Waals surface area contributed by atoms with E-state index in [4.69, 9.17) is 5.26 Å². The fourth-order valence-corrected chi connectivity index (χ4v) is 1.39. The lowest BCUT2D eigenvalue weighted by Crippen LogP contribution is -2.34. The van der Waals surface area contributed by atoms with Crippen molar-refractivity contribution in [1.29, 1.82) is 5.26 Å². The molecule has 0 saturated heterocycles. The summed E-state index contributed by atoms with van der Waals surface area (Å²) in [6.45, 7) is 4.80. The highest BCUT2D eigenvalue weighted by Gasteiger charge is 2.12. The fraction of sp³-hybridized carbons (Fsp3) is 0.333. The van der Waals surface area contributed by atoms with Gasteiger partial charge in [-0.25, -0.2) is 9.18 Å². The first-order valence-corrected chi connectivity index (χ1v) is 5.38. The molecule has 0 unspecified atom stereocenters. The van der Waals surface area contributed by atoms with Crippen molar-refractivity contribution in [2.45, 2.75) is 13.8 Å². The van der Waals surface area contributed by atoms with Gasteiger partial charge in [0.15, 0.2) is 0 Å². The van der Waals surface area contributed by atoms with Crippen LogP contribution in [-0.4, -0.2) is 24.0 Å². The summed E-state index contributed by atoms with van der Waals surface area (Å²) in [5.74, 6) is -0.607. The van der Waals surface area contributed by atoms with Crippen LogP contribution in [-0.2, 0) is 0 Å². The Bertz CT molecular complexity index is 450. The van der Waals surface area contributed by atoms with Gasteiger partial charge in [-0.15, -0.1) is 0 Å². The molecular weight excluding hydrogens is 221 g/mol. The van der Waals surface area contributed by atoms with E-state index in [0.717, 1.165) is 6.07 Å². The van der Waals surface area contributed by atoms with Gasteiger partial charge in [0.05, 0.1) is 17.3 Å². The number of benzene rings is 1. The van der Waals surface area contributed by atoms with E-state index in [0.29, 0.717) is 13.1 Å². The summed E-state index contributed by atoms with van der Waals surface area (Å²) in [4.78, 5) is 13.2. The molecule has 4 nitrogen and oxygen atoms in total. The molecule has 1 N–H and O–H groups in total. The molecule has 0 heterocycles. The summed E-state index contributed by atoms with van der Waals surface area (Å²) in [6.07, 6.45) is 0. The van der Waals surface area contributed by atoms with Crippen molar-refractivity contribution < 1.29 is 9.18 Å². The molecule has 0 radical (unpaired) electrons. The molecule has 2 amide bonds. The average Bonchev–Trinajstić information content (AvgIpc) is 2.33. The maximum atomic E-state index is 13.5. The third-order valence-electron chi connectivity index (χ3n) is 2.39. The minimum Gasteiger partial charge on any atom is -0.325 e. The summed E-state index contributed by atoms with van der Waals surface area (Å²) in [5.41, 5.74) is 0.309. The SMILES string of the molecule is CCN(CC)C(=O)Nc1ccc(C#N)cc1F. The van der Waals surface area contributed by atoms with Crippen molar-refractivity contribution in [2.75, 3.05) is 18.4 Å². The van der Waals surface area contributed by atoms with Gasteiger partial charge >= 0.3 is 6.03 Å². The maximum absolute atomic E-state index is 13.5. The van der Waals surface area contributed by atoms with Gasteiger partial charge in [-0.3, -0.25) is 0 Å². The Morgan fingerprint density at radius 2 is 2.12 bits per heavy atom. The normalized spacial score (nSPS) is 9.53. The van der Waals surface area contributed by atoms with Crippen LogP contribution in [0, 0.1) is 17.1 Å². The molecule has 1 rings (SSSR count). The number of hydrogen-bond donors (Lipinski definition) is 1. The predicted molar refractivity (Wildman–Crippen MR) is 63.1 cm³/mol. The zero-order valence-electron chi connectivity index (χ0n) is 9.83. The summed E-state index contributed by atoms with van der Waals surface area (Å²) in [5, 5.41) is 11.1. The van der Waals surface area contributed by atoms with Crippen LogP contribution in [0.1, 0.15) is 19.4 Å². The number of amides is 2. The number of anilines is 1. The van der Waals surface area contributed by atoms with Crippen LogP contribution in [0.5, 0.6) is 0 Å². The standard InChI is InChI=1S/C12H14FN3O/c1-3-16(4-2)12(17)15-11-6-5-9(8-14)7-10(11)13/h5-7H,3-4H2,1-2H3,(H,15,17). The molecular formula is C12H14FN3O. The highest BCUT2D eigenvalue weighted by Crippen LogP contribution is 2.15. The summed E-state index contributed by atoms with van der Waals surface area (Å²) >= 11 is 0. The first-order chi connectivity index (χ1) is 8.12. The Hall–Kier alpha value is -2.09. The van der Waals surface area contributed by atoms with E-state index >= 15 is 0 Å². The first kappa shape index (κ1) is 13.0. The Morgan fingerprint density at radius 1 is 1.47 bits per heavy atom. The van der Waals surface area contributed by atoms with Crippen molar-refractivity contribution in [3.05, 3.63) is 29.6 Å². The highest BCUT2D eigenvalue weighted by molar-refractivity contribution is 5.89. The molecule has 90 valence electrons. The van der Waals surface area contributed by atoms with Crippen LogP contribution in [0.4, 0.5) is 14.9 Å². The van der Waals surface area contributed by atoms with Gasteiger partial charge in [0.25, 0.3) is 0 Å². The molecule has 0 fully saturated rings. The smallest absolute Gasteiger partial charge is 0.321 e. The lowest BCUT2D eigenvalue weighted by molar-refractivity contribution is 0.217.